The van der Waals surface area contributed by atoms with E-state index in [1.807, 2.05) is 13.0 Å². The van der Waals surface area contributed by atoms with E-state index in [0.29, 0.717) is 11.5 Å². The van der Waals surface area contributed by atoms with Crippen molar-refractivity contribution in [1.29, 1.82) is 0 Å². The summed E-state index contributed by atoms with van der Waals surface area (Å²) in [6, 6.07) is 4.86. The average Bonchev–Trinajstić information content (AvgIpc) is 1.81. The molecular formula is C10H10ClF. The van der Waals surface area contributed by atoms with Gasteiger partial charge in [-0.3, -0.25) is 0 Å². The Balaban J connectivity index is 2.93. The molecule has 0 N–H and O–H groups in total. The lowest BCUT2D eigenvalue weighted by Crippen LogP contribution is -1.87. The summed E-state index contributed by atoms with van der Waals surface area (Å²) in [6.45, 7) is 5.40. The molecule has 0 aliphatic carbocycles. The second kappa shape index (κ2) is 3.72. The molecule has 0 amide bonds. The van der Waals surface area contributed by atoms with E-state index >= 15 is 0 Å². The predicted octanol–water partition coefficient (Wildman–Crippen LogP) is 3.43. The van der Waals surface area contributed by atoms with E-state index in [2.05, 4.69) is 6.58 Å². The number of hydrogen-bond donors (Lipinski definition) is 0. The highest BCUT2D eigenvalue weighted by atomic mass is 35.5. The topological polar surface area (TPSA) is 0 Å². The molecule has 1 aromatic carbocycles. The van der Waals surface area contributed by atoms with Gasteiger partial charge in [0.2, 0.25) is 0 Å². The molecule has 0 heterocycles. The van der Waals surface area contributed by atoms with Crippen LogP contribution in [0.3, 0.4) is 0 Å². The number of halogens is 2. The van der Waals surface area contributed by atoms with Crippen LogP contribution in [0.15, 0.2) is 29.8 Å². The van der Waals surface area contributed by atoms with Crippen LogP contribution in [0.2, 0.25) is 0 Å². The zero-order valence-electron chi connectivity index (χ0n) is 6.90. The molecule has 0 aromatic heterocycles. The van der Waals surface area contributed by atoms with E-state index in [1.54, 1.807) is 0 Å². The minimum atomic E-state index is -0.220. The Labute approximate surface area is 76.7 Å². The molecule has 64 valence electrons. The van der Waals surface area contributed by atoms with Crippen molar-refractivity contribution in [2.45, 2.75) is 13.3 Å². The Hall–Kier alpha value is -0.820. The third kappa shape index (κ3) is 2.67. The van der Waals surface area contributed by atoms with Gasteiger partial charge in [0.15, 0.2) is 0 Å². The van der Waals surface area contributed by atoms with Crippen LogP contribution in [0.5, 0.6) is 0 Å². The maximum absolute atomic E-state index is 12.8. The van der Waals surface area contributed by atoms with Gasteiger partial charge in [0.1, 0.15) is 5.82 Å². The summed E-state index contributed by atoms with van der Waals surface area (Å²) in [5, 5.41) is 0.528. The highest BCUT2D eigenvalue weighted by Gasteiger charge is 1.98. The van der Waals surface area contributed by atoms with Gasteiger partial charge in [0.05, 0.1) is 0 Å². The average molecular weight is 185 g/mol. The fourth-order valence-corrected chi connectivity index (χ4v) is 1.29. The second-order valence-corrected chi connectivity index (χ2v) is 3.37. The number of allylic oxidation sites excluding steroid dienone is 1. The van der Waals surface area contributed by atoms with E-state index in [9.17, 15) is 4.39 Å². The van der Waals surface area contributed by atoms with Gasteiger partial charge >= 0.3 is 0 Å². The van der Waals surface area contributed by atoms with Crippen LogP contribution in [-0.2, 0) is 6.42 Å². The van der Waals surface area contributed by atoms with Crippen molar-refractivity contribution in [3.63, 3.8) is 0 Å². The molecule has 0 saturated carbocycles. The summed E-state index contributed by atoms with van der Waals surface area (Å²) in [4.78, 5) is 0. The number of benzene rings is 1. The molecule has 0 spiro atoms. The lowest BCUT2D eigenvalue weighted by molar-refractivity contribution is 0.625. The highest BCUT2D eigenvalue weighted by molar-refractivity contribution is 6.29. The lowest BCUT2D eigenvalue weighted by atomic mass is 10.1. The van der Waals surface area contributed by atoms with Crippen LogP contribution < -0.4 is 0 Å². The van der Waals surface area contributed by atoms with E-state index < -0.39 is 0 Å². The van der Waals surface area contributed by atoms with Crippen molar-refractivity contribution >= 4 is 11.6 Å². The summed E-state index contributed by atoms with van der Waals surface area (Å²) >= 11 is 5.60. The normalized spacial score (nSPS) is 9.92. The molecule has 12 heavy (non-hydrogen) atoms. The molecule has 0 radical (unpaired) electrons. The SMILES string of the molecule is C=C(Cl)Cc1cc(C)cc(F)c1. The minimum absolute atomic E-state index is 0.220. The van der Waals surface area contributed by atoms with E-state index in [-0.39, 0.29) is 5.82 Å². The summed E-state index contributed by atoms with van der Waals surface area (Å²) in [5.74, 6) is -0.220. The van der Waals surface area contributed by atoms with E-state index in [0.717, 1.165) is 11.1 Å². The van der Waals surface area contributed by atoms with Crippen LogP contribution in [0.1, 0.15) is 11.1 Å². The quantitative estimate of drug-likeness (QED) is 0.661. The van der Waals surface area contributed by atoms with Gasteiger partial charge < -0.3 is 0 Å². The molecule has 0 aliphatic heterocycles. The van der Waals surface area contributed by atoms with Gasteiger partial charge in [0.25, 0.3) is 0 Å². The Morgan fingerprint density at radius 1 is 1.50 bits per heavy atom. The van der Waals surface area contributed by atoms with Crippen molar-refractivity contribution in [1.82, 2.24) is 0 Å². The minimum Gasteiger partial charge on any atom is -0.207 e. The highest BCUT2D eigenvalue weighted by Crippen LogP contribution is 2.13. The summed E-state index contributed by atoms with van der Waals surface area (Å²) in [7, 11) is 0. The summed E-state index contributed by atoms with van der Waals surface area (Å²) in [6.07, 6.45) is 0.528. The summed E-state index contributed by atoms with van der Waals surface area (Å²) in [5.41, 5.74) is 1.77. The maximum Gasteiger partial charge on any atom is 0.123 e. The van der Waals surface area contributed by atoms with Gasteiger partial charge in [-0.15, -0.1) is 0 Å². The van der Waals surface area contributed by atoms with Crippen LogP contribution in [-0.4, -0.2) is 0 Å². The number of aryl methyl sites for hydroxylation is 1. The fraction of sp³-hybridized carbons (Fsp3) is 0.200. The van der Waals surface area contributed by atoms with Crippen molar-refractivity contribution in [2.75, 3.05) is 0 Å². The maximum atomic E-state index is 12.8. The molecule has 0 fully saturated rings. The standard InChI is InChI=1S/C10H10ClF/c1-7-3-9(5-8(2)11)6-10(12)4-7/h3-4,6H,2,5H2,1H3. The zero-order valence-corrected chi connectivity index (χ0v) is 7.66. The molecule has 0 saturated heterocycles. The van der Waals surface area contributed by atoms with Crippen molar-refractivity contribution in [2.24, 2.45) is 0 Å². The molecule has 1 rings (SSSR count). The van der Waals surface area contributed by atoms with Gasteiger partial charge in [-0.05, 0) is 30.2 Å². The first kappa shape index (κ1) is 9.27. The monoisotopic (exact) mass is 184 g/mol. The molecule has 0 bridgehead atoms. The Morgan fingerprint density at radius 3 is 2.67 bits per heavy atom. The van der Waals surface area contributed by atoms with Crippen LogP contribution >= 0.6 is 11.6 Å². The predicted molar refractivity (Wildman–Crippen MR) is 49.8 cm³/mol. The first-order chi connectivity index (χ1) is 5.58. The number of hydrogen-bond acceptors (Lipinski definition) is 0. The van der Waals surface area contributed by atoms with Gasteiger partial charge in [0, 0.05) is 11.5 Å². The van der Waals surface area contributed by atoms with Crippen LogP contribution in [0, 0.1) is 12.7 Å². The van der Waals surface area contributed by atoms with Crippen molar-refractivity contribution < 1.29 is 4.39 Å². The lowest BCUT2D eigenvalue weighted by Gasteiger charge is -2.01. The first-order valence-electron chi connectivity index (χ1n) is 3.67. The summed E-state index contributed by atoms with van der Waals surface area (Å²) < 4.78 is 12.8. The van der Waals surface area contributed by atoms with Crippen molar-refractivity contribution in [3.05, 3.63) is 46.8 Å². The molecule has 0 atom stereocenters. The van der Waals surface area contributed by atoms with E-state index in [1.165, 1.54) is 12.1 Å². The zero-order chi connectivity index (χ0) is 9.14. The van der Waals surface area contributed by atoms with Crippen LogP contribution in [0.4, 0.5) is 4.39 Å². The Bertz CT molecular complexity index is 284. The third-order valence-electron chi connectivity index (χ3n) is 1.50. The molecular weight excluding hydrogens is 175 g/mol. The second-order valence-electron chi connectivity index (χ2n) is 2.83. The largest absolute Gasteiger partial charge is 0.207 e. The van der Waals surface area contributed by atoms with Crippen molar-refractivity contribution in [3.8, 4) is 0 Å². The molecule has 0 nitrogen and oxygen atoms in total. The Morgan fingerprint density at radius 2 is 2.17 bits per heavy atom. The first-order valence-corrected chi connectivity index (χ1v) is 4.05. The number of rotatable bonds is 2. The molecule has 0 unspecified atom stereocenters. The third-order valence-corrected chi connectivity index (χ3v) is 1.63. The smallest absolute Gasteiger partial charge is 0.123 e. The van der Waals surface area contributed by atoms with Gasteiger partial charge in [-0.25, -0.2) is 4.39 Å². The Kier molecular flexibility index (Phi) is 2.88. The molecule has 1 aromatic rings. The fourth-order valence-electron chi connectivity index (χ4n) is 1.14. The molecule has 2 heteroatoms. The van der Waals surface area contributed by atoms with Gasteiger partial charge in [-0.2, -0.15) is 0 Å². The van der Waals surface area contributed by atoms with E-state index in [4.69, 9.17) is 11.6 Å². The molecule has 0 aliphatic rings. The van der Waals surface area contributed by atoms with Gasteiger partial charge in [-0.1, -0.05) is 24.2 Å². The van der Waals surface area contributed by atoms with Crippen LogP contribution in [0.25, 0.3) is 0 Å².